The van der Waals surface area contributed by atoms with Crippen LogP contribution < -0.4 is 10.6 Å². The quantitative estimate of drug-likeness (QED) is 0.161. The molecule has 0 bridgehead atoms. The number of nitrogens with zero attached hydrogens (tertiary/aromatic N) is 4. The SMILES string of the molecule is O=C(CCCc1c[nH]c2ccccc12)N[C@@H]1[C@H](O)[C@@H](CO)O[C@H]1n1cnc2c(NCc3cccc4ccccc34)ncnc21. The molecule has 11 nitrogen and oxygen atoms in total. The van der Waals surface area contributed by atoms with Crippen LogP contribution in [0.25, 0.3) is 32.8 Å². The van der Waals surface area contributed by atoms with Crippen LogP contribution in [0.5, 0.6) is 0 Å². The third-order valence-corrected chi connectivity index (χ3v) is 8.36. The van der Waals surface area contributed by atoms with Gasteiger partial charge in [0.2, 0.25) is 5.91 Å². The Morgan fingerprint density at radius 3 is 2.68 bits per heavy atom. The van der Waals surface area contributed by atoms with Crippen molar-refractivity contribution < 1.29 is 19.7 Å². The number of hydrogen-bond acceptors (Lipinski definition) is 8. The number of ether oxygens (including phenoxy) is 1. The van der Waals surface area contributed by atoms with E-state index >= 15 is 0 Å². The van der Waals surface area contributed by atoms with E-state index in [9.17, 15) is 15.0 Å². The molecule has 1 fully saturated rings. The molecule has 224 valence electrons. The Kier molecular flexibility index (Phi) is 7.65. The number of fused-ring (bicyclic) bond motifs is 3. The second kappa shape index (κ2) is 12.0. The summed E-state index contributed by atoms with van der Waals surface area (Å²) >= 11 is 0. The lowest BCUT2D eigenvalue weighted by atomic mass is 10.0. The van der Waals surface area contributed by atoms with Gasteiger partial charge in [0, 0.05) is 30.1 Å². The zero-order valence-corrected chi connectivity index (χ0v) is 23.9. The van der Waals surface area contributed by atoms with E-state index in [1.54, 1.807) is 10.9 Å². The van der Waals surface area contributed by atoms with E-state index in [0.29, 0.717) is 29.9 Å². The van der Waals surface area contributed by atoms with E-state index in [4.69, 9.17) is 4.74 Å². The second-order valence-corrected chi connectivity index (χ2v) is 11.1. The van der Waals surface area contributed by atoms with E-state index < -0.39 is 31.1 Å². The highest BCUT2D eigenvalue weighted by Crippen LogP contribution is 2.33. The van der Waals surface area contributed by atoms with Crippen molar-refractivity contribution in [1.29, 1.82) is 0 Å². The number of nitrogens with one attached hydrogen (secondary N) is 3. The fraction of sp³-hybridized carbons (Fsp3) is 0.273. The summed E-state index contributed by atoms with van der Waals surface area (Å²) in [5.41, 5.74) is 4.36. The molecule has 0 radical (unpaired) electrons. The van der Waals surface area contributed by atoms with Gasteiger partial charge in [-0.2, -0.15) is 0 Å². The molecule has 7 rings (SSSR count). The molecule has 1 amide bonds. The Balaban J connectivity index is 1.07. The van der Waals surface area contributed by atoms with Crippen LogP contribution >= 0.6 is 0 Å². The Bertz CT molecular complexity index is 1930. The maximum absolute atomic E-state index is 13.1. The first kappa shape index (κ1) is 28.0. The number of aliphatic hydroxyl groups excluding tert-OH is 2. The zero-order chi connectivity index (χ0) is 30.0. The number of carbonyl (C=O) groups is 1. The number of aromatic nitrogens is 5. The van der Waals surface area contributed by atoms with Crippen LogP contribution in [0, 0.1) is 0 Å². The number of hydrogen-bond donors (Lipinski definition) is 5. The molecule has 4 atom stereocenters. The average Bonchev–Trinajstić information content (AvgIpc) is 3.76. The van der Waals surface area contributed by atoms with Crippen LogP contribution in [0.15, 0.2) is 85.6 Å². The lowest BCUT2D eigenvalue weighted by Crippen LogP contribution is -2.46. The van der Waals surface area contributed by atoms with Gasteiger partial charge in [0.05, 0.1) is 12.9 Å². The van der Waals surface area contributed by atoms with Crippen LogP contribution in [-0.2, 0) is 22.5 Å². The summed E-state index contributed by atoms with van der Waals surface area (Å²) in [4.78, 5) is 29.8. The summed E-state index contributed by atoms with van der Waals surface area (Å²) in [6.45, 7) is 0.132. The Morgan fingerprint density at radius 1 is 0.977 bits per heavy atom. The molecule has 3 aromatic carbocycles. The second-order valence-electron chi connectivity index (χ2n) is 11.1. The molecule has 1 aliphatic heterocycles. The van der Waals surface area contributed by atoms with Gasteiger partial charge < -0.3 is 30.6 Å². The highest BCUT2D eigenvalue weighted by atomic mass is 16.5. The van der Waals surface area contributed by atoms with Crippen LogP contribution in [-0.4, -0.2) is 65.5 Å². The third kappa shape index (κ3) is 5.25. The Morgan fingerprint density at radius 2 is 1.80 bits per heavy atom. The summed E-state index contributed by atoms with van der Waals surface area (Å²) < 4.78 is 7.72. The minimum absolute atomic E-state index is 0.211. The molecule has 1 aliphatic rings. The number of aliphatic hydroxyl groups is 2. The van der Waals surface area contributed by atoms with Crippen LogP contribution in [0.3, 0.4) is 0 Å². The number of anilines is 1. The first-order valence-corrected chi connectivity index (χ1v) is 14.8. The molecule has 6 aromatic rings. The number of H-pyrrole nitrogens is 1. The number of aromatic amines is 1. The fourth-order valence-electron chi connectivity index (χ4n) is 6.12. The smallest absolute Gasteiger partial charge is 0.220 e. The molecule has 0 spiro atoms. The van der Waals surface area contributed by atoms with Crippen molar-refractivity contribution in [3.05, 3.63) is 96.7 Å². The maximum Gasteiger partial charge on any atom is 0.220 e. The van der Waals surface area contributed by atoms with Gasteiger partial charge in [-0.05, 0) is 40.8 Å². The fourth-order valence-corrected chi connectivity index (χ4v) is 6.12. The first-order chi connectivity index (χ1) is 21.6. The molecule has 0 aliphatic carbocycles. The zero-order valence-electron chi connectivity index (χ0n) is 23.9. The predicted octanol–water partition coefficient (Wildman–Crippen LogP) is 3.83. The predicted molar refractivity (Wildman–Crippen MR) is 167 cm³/mol. The van der Waals surface area contributed by atoms with Crippen molar-refractivity contribution in [3.63, 3.8) is 0 Å². The van der Waals surface area contributed by atoms with Crippen molar-refractivity contribution in [1.82, 2.24) is 29.8 Å². The van der Waals surface area contributed by atoms with Gasteiger partial charge in [-0.3, -0.25) is 9.36 Å². The van der Waals surface area contributed by atoms with Crippen LogP contribution in [0.4, 0.5) is 5.82 Å². The highest BCUT2D eigenvalue weighted by molar-refractivity contribution is 5.87. The number of imidazole rings is 1. The summed E-state index contributed by atoms with van der Waals surface area (Å²) in [6, 6.07) is 21.7. The largest absolute Gasteiger partial charge is 0.394 e. The van der Waals surface area contributed by atoms with Gasteiger partial charge in [0.15, 0.2) is 23.2 Å². The maximum atomic E-state index is 13.1. The van der Waals surface area contributed by atoms with E-state index in [1.807, 2.05) is 42.6 Å². The summed E-state index contributed by atoms with van der Waals surface area (Å²) in [5, 5.41) is 30.7. The topological polar surface area (TPSA) is 150 Å². The van der Waals surface area contributed by atoms with Crippen LogP contribution in [0.2, 0.25) is 0 Å². The van der Waals surface area contributed by atoms with Crippen molar-refractivity contribution in [3.8, 4) is 0 Å². The summed E-state index contributed by atoms with van der Waals surface area (Å²) in [6.07, 6.45) is 3.82. The standard InChI is InChI=1S/C33H33N7O4/c41-17-26-30(43)28(39-27(42)14-6-10-22-15-34-25-13-4-3-12-24(22)25)33(44-26)40-19-38-29-31(36-18-37-32(29)40)35-16-21-9-5-8-20-7-1-2-11-23(20)21/h1-5,7-9,11-13,15,18-19,26,28,30,33-34,41,43H,6,10,14,16-17H2,(H,39,42)(H,35,36,37)/t26-,28-,30-,33-/m1/s1. The molecule has 1 saturated heterocycles. The normalized spacial score (nSPS) is 20.0. The van der Waals surface area contributed by atoms with Crippen molar-refractivity contribution in [2.45, 2.75) is 50.3 Å². The molecule has 5 N–H and O–H groups in total. The van der Waals surface area contributed by atoms with Crippen LogP contribution in [0.1, 0.15) is 30.2 Å². The number of rotatable bonds is 10. The van der Waals surface area contributed by atoms with Crippen molar-refractivity contribution in [2.75, 3.05) is 11.9 Å². The number of aryl methyl sites for hydroxylation is 1. The Labute approximate surface area is 252 Å². The summed E-state index contributed by atoms with van der Waals surface area (Å²) in [5.74, 6) is 0.342. The van der Waals surface area contributed by atoms with Gasteiger partial charge >= 0.3 is 0 Å². The number of carbonyl (C=O) groups excluding carboxylic acids is 1. The molecule has 4 heterocycles. The molecular weight excluding hydrogens is 558 g/mol. The van der Waals surface area contributed by atoms with Gasteiger partial charge in [-0.1, -0.05) is 60.7 Å². The number of amides is 1. The van der Waals surface area contributed by atoms with E-state index in [-0.39, 0.29) is 12.3 Å². The van der Waals surface area contributed by atoms with Crippen molar-refractivity contribution >= 4 is 44.6 Å². The van der Waals surface area contributed by atoms with E-state index in [2.05, 4.69) is 60.9 Å². The molecule has 0 saturated carbocycles. The molecule has 11 heteroatoms. The lowest BCUT2D eigenvalue weighted by molar-refractivity contribution is -0.123. The minimum Gasteiger partial charge on any atom is -0.394 e. The first-order valence-electron chi connectivity index (χ1n) is 14.8. The molecule has 3 aromatic heterocycles. The molecule has 0 unspecified atom stereocenters. The van der Waals surface area contributed by atoms with Gasteiger partial charge in [-0.25, -0.2) is 15.0 Å². The number of benzene rings is 3. The third-order valence-electron chi connectivity index (χ3n) is 8.36. The van der Waals surface area contributed by atoms with Gasteiger partial charge in [0.25, 0.3) is 0 Å². The molecular formula is C33H33N7O4. The van der Waals surface area contributed by atoms with E-state index in [0.717, 1.165) is 39.2 Å². The average molecular weight is 592 g/mol. The molecule has 44 heavy (non-hydrogen) atoms. The monoisotopic (exact) mass is 591 g/mol. The van der Waals surface area contributed by atoms with E-state index in [1.165, 1.54) is 6.33 Å². The lowest BCUT2D eigenvalue weighted by Gasteiger charge is -2.23. The van der Waals surface area contributed by atoms with Crippen molar-refractivity contribution in [2.24, 2.45) is 0 Å². The highest BCUT2D eigenvalue weighted by Gasteiger charge is 2.45. The number of para-hydroxylation sites is 1. The minimum atomic E-state index is -1.12. The van der Waals surface area contributed by atoms with Gasteiger partial charge in [-0.15, -0.1) is 0 Å². The Hall–Kier alpha value is -4.84. The summed E-state index contributed by atoms with van der Waals surface area (Å²) in [7, 11) is 0. The van der Waals surface area contributed by atoms with Gasteiger partial charge in [0.1, 0.15) is 24.6 Å².